The van der Waals surface area contributed by atoms with Crippen molar-refractivity contribution in [2.45, 2.75) is 45.4 Å². The lowest BCUT2D eigenvalue weighted by Crippen LogP contribution is -2.18. The quantitative estimate of drug-likeness (QED) is 0.0763. The predicted octanol–water partition coefficient (Wildman–Crippen LogP) is 7.89. The van der Waals surface area contributed by atoms with Gasteiger partial charge in [-0.05, 0) is 64.4 Å². The summed E-state index contributed by atoms with van der Waals surface area (Å²) in [7, 11) is 0. The molecule has 0 fully saturated rings. The first-order valence-electron chi connectivity index (χ1n) is 13.8. The lowest BCUT2D eigenvalue weighted by molar-refractivity contribution is 0.0950. The van der Waals surface area contributed by atoms with Gasteiger partial charge in [-0.15, -0.1) is 0 Å². The van der Waals surface area contributed by atoms with E-state index in [4.69, 9.17) is 4.74 Å². The van der Waals surface area contributed by atoms with E-state index < -0.39 is 0 Å². The van der Waals surface area contributed by atoms with Gasteiger partial charge in [0.1, 0.15) is 11.4 Å². The first-order valence-corrected chi connectivity index (χ1v) is 13.8. The summed E-state index contributed by atoms with van der Waals surface area (Å²) in [5, 5.41) is 15.8. The van der Waals surface area contributed by atoms with E-state index in [9.17, 15) is 4.79 Å². The Labute approximate surface area is 229 Å². The minimum Gasteiger partial charge on any atom is -0.494 e. The van der Waals surface area contributed by atoms with Gasteiger partial charge in [0.05, 0.1) is 18.5 Å². The average Bonchev–Trinajstić information content (AvgIpc) is 3.47. The van der Waals surface area contributed by atoms with E-state index in [2.05, 4.69) is 58.0 Å². The van der Waals surface area contributed by atoms with Crippen LogP contribution in [0, 0.1) is 0 Å². The van der Waals surface area contributed by atoms with Gasteiger partial charge in [0.25, 0.3) is 5.91 Å². The third-order valence-corrected chi connectivity index (χ3v) is 6.91. The molecule has 198 valence electrons. The standard InChI is InChI=1S/C33H34N4O2/c1-2-3-4-5-6-11-20-39-27-18-16-24(17-19-27)31-22-32(36-35-31)33(38)37-34-23-30-28-14-9-7-12-25(28)21-26-13-8-10-15-29(26)30/h7-10,12-19,21-23H,2-6,11,20H2,1H3,(H,35,36)(H,37,38). The molecule has 39 heavy (non-hydrogen) atoms. The Morgan fingerprint density at radius 3 is 2.26 bits per heavy atom. The van der Waals surface area contributed by atoms with E-state index >= 15 is 0 Å². The van der Waals surface area contributed by atoms with E-state index in [1.54, 1.807) is 12.3 Å². The maximum atomic E-state index is 12.8. The average molecular weight is 519 g/mol. The van der Waals surface area contributed by atoms with Crippen molar-refractivity contribution in [3.8, 4) is 17.0 Å². The van der Waals surface area contributed by atoms with Crippen LogP contribution in [0.3, 0.4) is 0 Å². The summed E-state index contributed by atoms with van der Waals surface area (Å²) in [5.41, 5.74) is 5.53. The number of unbranched alkanes of at least 4 members (excludes halogenated alkanes) is 5. The highest BCUT2D eigenvalue weighted by Gasteiger charge is 2.11. The molecule has 0 saturated carbocycles. The largest absolute Gasteiger partial charge is 0.494 e. The van der Waals surface area contributed by atoms with Gasteiger partial charge in [-0.3, -0.25) is 9.89 Å². The number of benzene rings is 4. The zero-order valence-electron chi connectivity index (χ0n) is 22.3. The maximum Gasteiger partial charge on any atom is 0.289 e. The number of ether oxygens (including phenoxy) is 1. The van der Waals surface area contributed by atoms with Crippen molar-refractivity contribution in [2.24, 2.45) is 5.10 Å². The highest BCUT2D eigenvalue weighted by atomic mass is 16.5. The molecule has 1 heterocycles. The van der Waals surface area contributed by atoms with Crippen LogP contribution in [0.1, 0.15) is 61.5 Å². The molecule has 5 aromatic rings. The van der Waals surface area contributed by atoms with Crippen molar-refractivity contribution in [1.82, 2.24) is 15.6 Å². The maximum absolute atomic E-state index is 12.8. The first kappa shape index (κ1) is 26.2. The molecule has 2 N–H and O–H groups in total. The lowest BCUT2D eigenvalue weighted by Gasteiger charge is -2.07. The van der Waals surface area contributed by atoms with Crippen LogP contribution in [0.4, 0.5) is 0 Å². The predicted molar refractivity (Wildman–Crippen MR) is 159 cm³/mol. The van der Waals surface area contributed by atoms with Crippen molar-refractivity contribution < 1.29 is 9.53 Å². The SMILES string of the molecule is CCCCCCCCOc1ccc(-c2cc(C(=O)NN=Cc3c4ccccc4cc4ccccc34)[nH]n2)cc1. The molecule has 5 rings (SSSR count). The second-order valence-electron chi connectivity index (χ2n) is 9.74. The number of hydrazone groups is 1. The fourth-order valence-electron chi connectivity index (χ4n) is 4.78. The molecule has 1 amide bonds. The molecule has 6 heteroatoms. The van der Waals surface area contributed by atoms with E-state index in [0.717, 1.165) is 51.4 Å². The number of fused-ring (bicyclic) bond motifs is 2. The van der Waals surface area contributed by atoms with Crippen LogP contribution in [0.25, 0.3) is 32.8 Å². The molecule has 0 atom stereocenters. The van der Waals surface area contributed by atoms with E-state index in [0.29, 0.717) is 11.4 Å². The number of carbonyl (C=O) groups excluding carboxylic acids is 1. The minimum atomic E-state index is -0.353. The molecule has 0 aliphatic heterocycles. The molecule has 0 aliphatic rings. The smallest absolute Gasteiger partial charge is 0.289 e. The van der Waals surface area contributed by atoms with Gasteiger partial charge >= 0.3 is 0 Å². The molecule has 0 spiro atoms. The van der Waals surface area contributed by atoms with Crippen LogP contribution < -0.4 is 10.2 Å². The number of carbonyl (C=O) groups is 1. The van der Waals surface area contributed by atoms with Gasteiger partial charge in [-0.1, -0.05) is 87.6 Å². The number of nitrogens with one attached hydrogen (secondary N) is 2. The summed E-state index contributed by atoms with van der Waals surface area (Å²) in [5.74, 6) is 0.490. The second kappa shape index (κ2) is 12.9. The Hall–Kier alpha value is -4.45. The third-order valence-electron chi connectivity index (χ3n) is 6.91. The van der Waals surface area contributed by atoms with Gasteiger partial charge in [-0.25, -0.2) is 5.43 Å². The fourth-order valence-corrected chi connectivity index (χ4v) is 4.78. The minimum absolute atomic E-state index is 0.341. The number of hydrogen-bond acceptors (Lipinski definition) is 4. The molecule has 0 aliphatic carbocycles. The number of amides is 1. The Morgan fingerprint density at radius 2 is 1.54 bits per heavy atom. The second-order valence-corrected chi connectivity index (χ2v) is 9.74. The molecular formula is C33H34N4O2. The molecule has 0 unspecified atom stereocenters. The number of aromatic amines is 1. The normalized spacial score (nSPS) is 11.4. The number of aromatic nitrogens is 2. The highest BCUT2D eigenvalue weighted by Crippen LogP contribution is 2.27. The molecule has 0 saturated heterocycles. The Morgan fingerprint density at radius 1 is 0.872 bits per heavy atom. The van der Waals surface area contributed by atoms with Crippen LogP contribution in [0.5, 0.6) is 5.75 Å². The van der Waals surface area contributed by atoms with Gasteiger partial charge in [0, 0.05) is 11.1 Å². The van der Waals surface area contributed by atoms with Gasteiger partial charge in [0.2, 0.25) is 0 Å². The summed E-state index contributed by atoms with van der Waals surface area (Å²) in [4.78, 5) is 12.8. The zero-order chi connectivity index (χ0) is 26.9. The monoisotopic (exact) mass is 518 g/mol. The van der Waals surface area contributed by atoms with Crippen LogP contribution >= 0.6 is 0 Å². The summed E-state index contributed by atoms with van der Waals surface area (Å²) in [6.45, 7) is 2.96. The van der Waals surface area contributed by atoms with Gasteiger partial charge in [0.15, 0.2) is 0 Å². The third kappa shape index (κ3) is 6.52. The molecule has 0 radical (unpaired) electrons. The summed E-state index contributed by atoms with van der Waals surface area (Å²) >= 11 is 0. The summed E-state index contributed by atoms with van der Waals surface area (Å²) < 4.78 is 5.87. The number of nitrogens with zero attached hydrogens (tertiary/aromatic N) is 2. The number of rotatable bonds is 12. The Balaban J connectivity index is 1.19. The highest BCUT2D eigenvalue weighted by molar-refractivity contribution is 6.13. The number of hydrogen-bond donors (Lipinski definition) is 2. The fraction of sp³-hybridized carbons (Fsp3) is 0.242. The molecule has 0 bridgehead atoms. The molecular weight excluding hydrogens is 484 g/mol. The van der Waals surface area contributed by atoms with Crippen molar-refractivity contribution >= 4 is 33.7 Å². The molecule has 1 aromatic heterocycles. The van der Waals surface area contributed by atoms with E-state index in [1.165, 1.54) is 32.1 Å². The summed E-state index contributed by atoms with van der Waals surface area (Å²) in [6, 6.07) is 28.0. The van der Waals surface area contributed by atoms with E-state index in [1.807, 2.05) is 48.5 Å². The van der Waals surface area contributed by atoms with Crippen molar-refractivity contribution in [3.05, 3.63) is 96.2 Å². The molecule has 4 aromatic carbocycles. The first-order chi connectivity index (χ1) is 19.2. The van der Waals surface area contributed by atoms with Crippen molar-refractivity contribution in [3.63, 3.8) is 0 Å². The van der Waals surface area contributed by atoms with Crippen molar-refractivity contribution in [1.29, 1.82) is 0 Å². The van der Waals surface area contributed by atoms with Gasteiger partial charge in [-0.2, -0.15) is 10.2 Å². The van der Waals surface area contributed by atoms with Crippen LogP contribution in [0.15, 0.2) is 90.0 Å². The van der Waals surface area contributed by atoms with Gasteiger partial charge < -0.3 is 4.74 Å². The van der Waals surface area contributed by atoms with E-state index in [-0.39, 0.29) is 5.91 Å². The summed E-state index contributed by atoms with van der Waals surface area (Å²) in [6.07, 6.45) is 9.15. The number of H-pyrrole nitrogens is 1. The zero-order valence-corrected chi connectivity index (χ0v) is 22.3. The van der Waals surface area contributed by atoms with Crippen LogP contribution in [-0.4, -0.2) is 28.9 Å². The van der Waals surface area contributed by atoms with Crippen LogP contribution in [-0.2, 0) is 0 Å². The topological polar surface area (TPSA) is 79.4 Å². The Bertz CT molecular complexity index is 1520. The lowest BCUT2D eigenvalue weighted by atomic mass is 9.97. The van der Waals surface area contributed by atoms with Crippen molar-refractivity contribution in [2.75, 3.05) is 6.61 Å². The Kier molecular flexibility index (Phi) is 8.64. The van der Waals surface area contributed by atoms with Crippen LogP contribution in [0.2, 0.25) is 0 Å². The molecule has 6 nitrogen and oxygen atoms in total.